The van der Waals surface area contributed by atoms with Crippen molar-refractivity contribution in [2.24, 2.45) is 0 Å². The lowest BCUT2D eigenvalue weighted by atomic mass is 10.2. The van der Waals surface area contributed by atoms with Gasteiger partial charge in [0.25, 0.3) is 5.69 Å². The van der Waals surface area contributed by atoms with Crippen molar-refractivity contribution in [2.75, 3.05) is 17.7 Å². The summed E-state index contributed by atoms with van der Waals surface area (Å²) < 4.78 is 5.57. The van der Waals surface area contributed by atoms with Gasteiger partial charge in [0, 0.05) is 6.54 Å². The Bertz CT molecular complexity index is 637. The van der Waals surface area contributed by atoms with Crippen molar-refractivity contribution in [1.82, 2.24) is 0 Å². The molecule has 0 saturated carbocycles. The summed E-state index contributed by atoms with van der Waals surface area (Å²) in [7, 11) is 0. The van der Waals surface area contributed by atoms with E-state index >= 15 is 0 Å². The Labute approximate surface area is 132 Å². The number of hydrogen-bond donors (Lipinski definition) is 2. The molecule has 0 aliphatic heterocycles. The minimum Gasteiger partial charge on any atom is -0.457 e. The lowest BCUT2D eigenvalue weighted by molar-refractivity contribution is -0.384. The van der Waals surface area contributed by atoms with E-state index in [0.717, 1.165) is 0 Å². The first-order valence-electron chi connectivity index (χ1n) is 6.59. The van der Waals surface area contributed by atoms with Gasteiger partial charge in [-0.05, 0) is 24.3 Å². The number of rotatable bonds is 7. The van der Waals surface area contributed by atoms with E-state index in [1.54, 1.807) is 18.2 Å². The third-order valence-electron chi connectivity index (χ3n) is 2.85. The summed E-state index contributed by atoms with van der Waals surface area (Å²) in [5, 5.41) is 23.4. The zero-order valence-corrected chi connectivity index (χ0v) is 12.4. The Kier molecular flexibility index (Phi) is 5.57. The SMILES string of the molecule is O=[N+]([O-])c1cc(Oc2ccccc2)ccc1NCC(O)CCl. The number of nitro benzene ring substituents is 1. The summed E-state index contributed by atoms with van der Waals surface area (Å²) in [6.07, 6.45) is -0.776. The molecule has 7 heteroatoms. The fraction of sp³-hybridized carbons (Fsp3) is 0.200. The summed E-state index contributed by atoms with van der Waals surface area (Å²) in [4.78, 5) is 10.7. The molecule has 0 aliphatic carbocycles. The predicted molar refractivity (Wildman–Crippen MR) is 84.8 cm³/mol. The first-order valence-corrected chi connectivity index (χ1v) is 7.13. The van der Waals surface area contributed by atoms with Crippen LogP contribution < -0.4 is 10.1 Å². The number of alkyl halides is 1. The molecule has 0 radical (unpaired) electrons. The van der Waals surface area contributed by atoms with Gasteiger partial charge in [0.1, 0.15) is 17.2 Å². The average Bonchev–Trinajstić information content (AvgIpc) is 2.54. The number of anilines is 1. The number of benzene rings is 2. The van der Waals surface area contributed by atoms with Gasteiger partial charge in [-0.25, -0.2) is 0 Å². The van der Waals surface area contributed by atoms with Crippen molar-refractivity contribution in [3.05, 3.63) is 58.6 Å². The number of hydrogen-bond acceptors (Lipinski definition) is 5. The number of halogens is 1. The van der Waals surface area contributed by atoms with E-state index in [2.05, 4.69) is 5.32 Å². The van der Waals surface area contributed by atoms with Gasteiger partial charge in [-0.15, -0.1) is 11.6 Å². The maximum atomic E-state index is 11.2. The van der Waals surface area contributed by atoms with Crippen molar-refractivity contribution in [1.29, 1.82) is 0 Å². The minimum absolute atomic E-state index is 0.0516. The fourth-order valence-electron chi connectivity index (χ4n) is 1.78. The molecule has 0 amide bonds. The Morgan fingerprint density at radius 1 is 1.23 bits per heavy atom. The molecule has 0 saturated heterocycles. The average molecular weight is 323 g/mol. The van der Waals surface area contributed by atoms with Crippen LogP contribution in [0.1, 0.15) is 0 Å². The molecule has 0 aromatic heterocycles. The van der Waals surface area contributed by atoms with Crippen LogP contribution in [0.5, 0.6) is 11.5 Å². The molecule has 2 aromatic carbocycles. The second-order valence-electron chi connectivity index (χ2n) is 4.54. The highest BCUT2D eigenvalue weighted by Crippen LogP contribution is 2.31. The van der Waals surface area contributed by atoms with E-state index in [0.29, 0.717) is 17.2 Å². The number of para-hydroxylation sites is 1. The molecule has 0 bridgehead atoms. The Balaban J connectivity index is 2.18. The van der Waals surface area contributed by atoms with Crippen molar-refractivity contribution in [2.45, 2.75) is 6.10 Å². The monoisotopic (exact) mass is 322 g/mol. The molecular weight excluding hydrogens is 308 g/mol. The Morgan fingerprint density at radius 3 is 2.59 bits per heavy atom. The summed E-state index contributed by atoms with van der Waals surface area (Å²) in [5.41, 5.74) is 0.171. The number of aliphatic hydroxyl groups excluding tert-OH is 1. The Hall–Kier alpha value is -2.31. The number of nitrogens with zero attached hydrogens (tertiary/aromatic N) is 1. The number of aliphatic hydroxyl groups is 1. The molecule has 2 aromatic rings. The third kappa shape index (κ3) is 4.34. The van der Waals surface area contributed by atoms with E-state index in [-0.39, 0.29) is 18.1 Å². The first-order chi connectivity index (χ1) is 10.6. The van der Waals surface area contributed by atoms with E-state index in [1.807, 2.05) is 18.2 Å². The molecule has 0 heterocycles. The second kappa shape index (κ2) is 7.63. The lowest BCUT2D eigenvalue weighted by Crippen LogP contribution is -2.21. The molecule has 0 fully saturated rings. The van der Waals surface area contributed by atoms with E-state index in [1.165, 1.54) is 12.1 Å². The summed E-state index contributed by atoms with van der Waals surface area (Å²) in [6.45, 7) is 0.128. The summed E-state index contributed by atoms with van der Waals surface area (Å²) >= 11 is 5.49. The molecule has 0 spiro atoms. The molecule has 22 heavy (non-hydrogen) atoms. The molecule has 1 atom stereocenters. The van der Waals surface area contributed by atoms with Crippen LogP contribution in [0.4, 0.5) is 11.4 Å². The Morgan fingerprint density at radius 2 is 1.95 bits per heavy atom. The van der Waals surface area contributed by atoms with Crippen LogP contribution in [0.3, 0.4) is 0 Å². The molecule has 2 N–H and O–H groups in total. The van der Waals surface area contributed by atoms with Crippen molar-refractivity contribution >= 4 is 23.0 Å². The van der Waals surface area contributed by atoms with Crippen molar-refractivity contribution in [3.63, 3.8) is 0 Å². The second-order valence-corrected chi connectivity index (χ2v) is 4.85. The highest BCUT2D eigenvalue weighted by atomic mass is 35.5. The van der Waals surface area contributed by atoms with Gasteiger partial charge < -0.3 is 15.2 Å². The summed E-state index contributed by atoms with van der Waals surface area (Å²) in [5.74, 6) is 1.01. The normalized spacial score (nSPS) is 11.7. The van der Waals surface area contributed by atoms with Crippen LogP contribution in [0.2, 0.25) is 0 Å². The van der Waals surface area contributed by atoms with Gasteiger partial charge in [0.15, 0.2) is 0 Å². The van der Waals surface area contributed by atoms with Gasteiger partial charge in [0.2, 0.25) is 0 Å². The van der Waals surface area contributed by atoms with Crippen LogP contribution >= 0.6 is 11.6 Å². The largest absolute Gasteiger partial charge is 0.457 e. The van der Waals surface area contributed by atoms with Gasteiger partial charge in [-0.2, -0.15) is 0 Å². The van der Waals surface area contributed by atoms with Gasteiger partial charge in [-0.1, -0.05) is 18.2 Å². The molecule has 1 unspecified atom stereocenters. The fourth-order valence-corrected chi connectivity index (χ4v) is 1.89. The molecule has 116 valence electrons. The van der Waals surface area contributed by atoms with Crippen LogP contribution in [0.25, 0.3) is 0 Å². The van der Waals surface area contributed by atoms with Gasteiger partial charge in [0.05, 0.1) is 23.0 Å². The van der Waals surface area contributed by atoms with Crippen LogP contribution in [0, 0.1) is 10.1 Å². The van der Waals surface area contributed by atoms with E-state index in [4.69, 9.17) is 16.3 Å². The highest BCUT2D eigenvalue weighted by molar-refractivity contribution is 6.18. The minimum atomic E-state index is -0.776. The lowest BCUT2D eigenvalue weighted by Gasteiger charge is -2.11. The summed E-state index contributed by atoms with van der Waals surface area (Å²) in [6, 6.07) is 13.5. The molecule has 0 aliphatic rings. The highest BCUT2D eigenvalue weighted by Gasteiger charge is 2.16. The predicted octanol–water partition coefficient (Wildman–Crippen LogP) is 3.40. The van der Waals surface area contributed by atoms with Crippen LogP contribution in [0.15, 0.2) is 48.5 Å². The van der Waals surface area contributed by atoms with Crippen LogP contribution in [-0.4, -0.2) is 28.6 Å². The smallest absolute Gasteiger partial charge is 0.296 e. The van der Waals surface area contributed by atoms with Crippen molar-refractivity contribution < 1.29 is 14.8 Å². The standard InChI is InChI=1S/C15H15ClN2O4/c16-9-11(19)10-17-14-7-6-13(8-15(14)18(20)21)22-12-4-2-1-3-5-12/h1-8,11,17,19H,9-10H2. The number of ether oxygens (including phenoxy) is 1. The van der Waals surface area contributed by atoms with E-state index in [9.17, 15) is 15.2 Å². The maximum Gasteiger partial charge on any atom is 0.296 e. The zero-order chi connectivity index (χ0) is 15.9. The quantitative estimate of drug-likeness (QED) is 0.463. The number of nitro groups is 1. The van der Waals surface area contributed by atoms with Crippen LogP contribution in [-0.2, 0) is 0 Å². The third-order valence-corrected chi connectivity index (χ3v) is 3.21. The topological polar surface area (TPSA) is 84.6 Å². The molecule has 6 nitrogen and oxygen atoms in total. The zero-order valence-electron chi connectivity index (χ0n) is 11.6. The first kappa shape index (κ1) is 16.1. The molecular formula is C15H15ClN2O4. The van der Waals surface area contributed by atoms with E-state index < -0.39 is 11.0 Å². The van der Waals surface area contributed by atoms with Gasteiger partial charge in [-0.3, -0.25) is 10.1 Å². The van der Waals surface area contributed by atoms with Gasteiger partial charge >= 0.3 is 0 Å². The maximum absolute atomic E-state index is 11.2. The van der Waals surface area contributed by atoms with Crippen molar-refractivity contribution in [3.8, 4) is 11.5 Å². The number of nitrogens with one attached hydrogen (secondary N) is 1. The molecule has 2 rings (SSSR count).